The van der Waals surface area contributed by atoms with E-state index >= 15 is 0 Å². The Bertz CT molecular complexity index is 700. The molecule has 0 heteroatoms. The van der Waals surface area contributed by atoms with Gasteiger partial charge in [-0.3, -0.25) is 0 Å². The molecule has 102 valence electrons. The first kappa shape index (κ1) is 12.5. The zero-order chi connectivity index (χ0) is 14.1. The number of hydrogen-bond acceptors (Lipinski definition) is 0. The van der Waals surface area contributed by atoms with Crippen molar-refractivity contribution < 1.29 is 0 Å². The predicted octanol–water partition coefficient (Wildman–Crippen LogP) is 4.64. The molecule has 1 fully saturated rings. The van der Waals surface area contributed by atoms with Crippen LogP contribution < -0.4 is 0 Å². The van der Waals surface area contributed by atoms with Gasteiger partial charge in [0.15, 0.2) is 0 Å². The molecular formula is C21H18. The zero-order valence-corrected chi connectivity index (χ0v) is 11.9. The average molecular weight is 270 g/mol. The van der Waals surface area contributed by atoms with Crippen LogP contribution in [0, 0.1) is 29.6 Å². The molecule has 0 aliphatic heterocycles. The average Bonchev–Trinajstić information content (AvgIpc) is 3.16. The summed E-state index contributed by atoms with van der Waals surface area (Å²) in [5.74, 6) is 9.30. The SMILES string of the molecule is C(#C[C@@H]1[C@H](c2ccccc2)[C@H]2C=C[C@@H]1C2)c1ccccc1. The van der Waals surface area contributed by atoms with E-state index in [1.54, 1.807) is 0 Å². The van der Waals surface area contributed by atoms with Gasteiger partial charge in [0.25, 0.3) is 0 Å². The maximum Gasteiger partial charge on any atom is 0.0343 e. The summed E-state index contributed by atoms with van der Waals surface area (Å²) in [7, 11) is 0. The lowest BCUT2D eigenvalue weighted by Gasteiger charge is -2.24. The van der Waals surface area contributed by atoms with Crippen molar-refractivity contribution in [3.8, 4) is 11.8 Å². The van der Waals surface area contributed by atoms with Gasteiger partial charge in [-0.2, -0.15) is 0 Å². The smallest absolute Gasteiger partial charge is 0.0343 e. The largest absolute Gasteiger partial charge is 0.0932 e. The summed E-state index contributed by atoms with van der Waals surface area (Å²) >= 11 is 0. The number of hydrogen-bond donors (Lipinski definition) is 0. The Kier molecular flexibility index (Phi) is 3.13. The lowest BCUT2D eigenvalue weighted by molar-refractivity contribution is 0.493. The molecule has 0 saturated heterocycles. The van der Waals surface area contributed by atoms with Gasteiger partial charge in [0.2, 0.25) is 0 Å². The highest BCUT2D eigenvalue weighted by Crippen LogP contribution is 2.52. The van der Waals surface area contributed by atoms with E-state index in [0.29, 0.717) is 23.7 Å². The molecule has 0 N–H and O–H groups in total. The van der Waals surface area contributed by atoms with E-state index in [-0.39, 0.29) is 0 Å². The summed E-state index contributed by atoms with van der Waals surface area (Å²) in [6, 6.07) is 21.2. The van der Waals surface area contributed by atoms with Crippen LogP contribution in [0.1, 0.15) is 23.5 Å². The zero-order valence-electron chi connectivity index (χ0n) is 11.9. The van der Waals surface area contributed by atoms with E-state index in [4.69, 9.17) is 0 Å². The third-order valence-corrected chi connectivity index (χ3v) is 4.80. The molecule has 0 aromatic heterocycles. The van der Waals surface area contributed by atoms with Gasteiger partial charge in [-0.25, -0.2) is 0 Å². The van der Waals surface area contributed by atoms with Crippen LogP contribution in [0.2, 0.25) is 0 Å². The first-order chi connectivity index (χ1) is 10.4. The van der Waals surface area contributed by atoms with E-state index in [0.717, 1.165) is 5.56 Å². The second kappa shape index (κ2) is 5.26. The van der Waals surface area contributed by atoms with Crippen LogP contribution in [0.15, 0.2) is 72.8 Å². The maximum absolute atomic E-state index is 3.58. The molecule has 2 aliphatic carbocycles. The van der Waals surface area contributed by atoms with Gasteiger partial charge in [0.1, 0.15) is 0 Å². The molecule has 2 bridgehead atoms. The summed E-state index contributed by atoms with van der Waals surface area (Å²) in [6.45, 7) is 0. The first-order valence-electron chi connectivity index (χ1n) is 7.72. The van der Waals surface area contributed by atoms with Crippen molar-refractivity contribution in [3.63, 3.8) is 0 Å². The summed E-state index contributed by atoms with van der Waals surface area (Å²) in [5, 5.41) is 0. The fourth-order valence-corrected chi connectivity index (χ4v) is 3.84. The van der Waals surface area contributed by atoms with Gasteiger partial charge in [0.05, 0.1) is 0 Å². The third kappa shape index (κ3) is 2.30. The Balaban J connectivity index is 1.67. The van der Waals surface area contributed by atoms with E-state index in [2.05, 4.69) is 78.6 Å². The Morgan fingerprint density at radius 3 is 2.19 bits per heavy atom. The lowest BCUT2D eigenvalue weighted by atomic mass is 9.79. The number of rotatable bonds is 1. The molecular weight excluding hydrogens is 252 g/mol. The fraction of sp³-hybridized carbons (Fsp3) is 0.238. The monoisotopic (exact) mass is 270 g/mol. The van der Waals surface area contributed by atoms with Crippen LogP contribution in [-0.4, -0.2) is 0 Å². The minimum Gasteiger partial charge on any atom is -0.0932 e. The van der Waals surface area contributed by atoms with Crippen LogP contribution in [0.3, 0.4) is 0 Å². The van der Waals surface area contributed by atoms with Crippen molar-refractivity contribution in [2.75, 3.05) is 0 Å². The maximum atomic E-state index is 3.58. The number of fused-ring (bicyclic) bond motifs is 2. The Labute approximate surface area is 126 Å². The van der Waals surface area contributed by atoms with Crippen molar-refractivity contribution in [3.05, 3.63) is 83.9 Å². The van der Waals surface area contributed by atoms with Crippen molar-refractivity contribution in [2.24, 2.45) is 17.8 Å². The molecule has 0 heterocycles. The van der Waals surface area contributed by atoms with Crippen molar-refractivity contribution >= 4 is 0 Å². The molecule has 21 heavy (non-hydrogen) atoms. The molecule has 4 atom stereocenters. The number of benzene rings is 2. The second-order valence-electron chi connectivity index (χ2n) is 6.05. The molecule has 0 amide bonds. The number of allylic oxidation sites excluding steroid dienone is 2. The highest BCUT2D eigenvalue weighted by Gasteiger charge is 2.44. The van der Waals surface area contributed by atoms with Crippen molar-refractivity contribution in [1.29, 1.82) is 0 Å². The van der Waals surface area contributed by atoms with Gasteiger partial charge in [-0.05, 0) is 36.0 Å². The molecule has 2 aromatic rings. The quantitative estimate of drug-likeness (QED) is 0.523. The van der Waals surface area contributed by atoms with E-state index < -0.39 is 0 Å². The van der Waals surface area contributed by atoms with Crippen molar-refractivity contribution in [2.45, 2.75) is 12.3 Å². The molecule has 0 spiro atoms. The topological polar surface area (TPSA) is 0 Å². The third-order valence-electron chi connectivity index (χ3n) is 4.80. The molecule has 0 nitrogen and oxygen atoms in total. The summed E-state index contributed by atoms with van der Waals surface area (Å²) < 4.78 is 0. The Hall–Kier alpha value is -2.26. The van der Waals surface area contributed by atoms with Gasteiger partial charge < -0.3 is 0 Å². The van der Waals surface area contributed by atoms with Gasteiger partial charge in [-0.1, -0.05) is 72.5 Å². The van der Waals surface area contributed by atoms with Crippen LogP contribution >= 0.6 is 0 Å². The highest BCUT2D eigenvalue weighted by molar-refractivity contribution is 5.39. The lowest BCUT2D eigenvalue weighted by Crippen LogP contribution is -2.16. The summed E-state index contributed by atoms with van der Waals surface area (Å²) in [6.07, 6.45) is 6.06. The molecule has 2 aromatic carbocycles. The van der Waals surface area contributed by atoms with E-state index in [1.165, 1.54) is 12.0 Å². The fourth-order valence-electron chi connectivity index (χ4n) is 3.84. The predicted molar refractivity (Wildman–Crippen MR) is 86.7 cm³/mol. The summed E-state index contributed by atoms with van der Waals surface area (Å²) in [4.78, 5) is 0. The minimum absolute atomic E-state index is 0.461. The summed E-state index contributed by atoms with van der Waals surface area (Å²) in [5.41, 5.74) is 2.57. The second-order valence-corrected chi connectivity index (χ2v) is 6.05. The normalized spacial score (nSPS) is 29.1. The Morgan fingerprint density at radius 1 is 0.762 bits per heavy atom. The van der Waals surface area contributed by atoms with Crippen molar-refractivity contribution in [1.82, 2.24) is 0 Å². The standard InChI is InChI=1S/C21H18/c1-3-7-16(8-4-1)11-14-20-18-12-13-19(15-18)21(20)17-9-5-2-6-10-17/h1-10,12-13,18-21H,15H2/t18-,19+,20+,21-/m1/s1. The molecule has 4 rings (SSSR count). The molecule has 2 aliphatic rings. The van der Waals surface area contributed by atoms with Crippen LogP contribution in [0.5, 0.6) is 0 Å². The molecule has 0 unspecified atom stereocenters. The van der Waals surface area contributed by atoms with Gasteiger partial charge in [0, 0.05) is 17.4 Å². The molecule has 0 radical (unpaired) electrons. The van der Waals surface area contributed by atoms with Crippen LogP contribution in [-0.2, 0) is 0 Å². The van der Waals surface area contributed by atoms with Gasteiger partial charge in [-0.15, -0.1) is 0 Å². The van der Waals surface area contributed by atoms with E-state index in [1.807, 2.05) is 6.07 Å². The highest BCUT2D eigenvalue weighted by atomic mass is 14.5. The first-order valence-corrected chi connectivity index (χ1v) is 7.72. The van der Waals surface area contributed by atoms with Crippen LogP contribution in [0.4, 0.5) is 0 Å². The van der Waals surface area contributed by atoms with Crippen LogP contribution in [0.25, 0.3) is 0 Å². The molecule has 1 saturated carbocycles. The van der Waals surface area contributed by atoms with Gasteiger partial charge >= 0.3 is 0 Å². The van der Waals surface area contributed by atoms with E-state index in [9.17, 15) is 0 Å². The Morgan fingerprint density at radius 2 is 1.43 bits per heavy atom. The minimum atomic E-state index is 0.461.